The second-order valence-electron chi connectivity index (χ2n) is 4.08. The van der Waals surface area contributed by atoms with E-state index in [1.165, 1.54) is 0 Å². The van der Waals surface area contributed by atoms with Crippen LogP contribution >= 0.6 is 0 Å². The van der Waals surface area contributed by atoms with E-state index in [2.05, 4.69) is 0 Å². The fourth-order valence-electron chi connectivity index (χ4n) is 2.24. The van der Waals surface area contributed by atoms with Crippen LogP contribution in [0.4, 0.5) is 13.2 Å². The molecule has 1 aromatic carbocycles. The normalized spacial score (nSPS) is 19.5. The van der Waals surface area contributed by atoms with Crippen LogP contribution in [0.1, 0.15) is 31.2 Å². The highest BCUT2D eigenvalue weighted by atomic mass is 19.2. The van der Waals surface area contributed by atoms with Crippen LogP contribution in [-0.4, -0.2) is 0 Å². The Bertz CT molecular complexity index is 384. The maximum absolute atomic E-state index is 13.5. The smallest absolute Gasteiger partial charge is 0.166 e. The van der Waals surface area contributed by atoms with E-state index < -0.39 is 23.0 Å². The molecular formula is C11H12F3N. The number of hydrogen-bond donors (Lipinski definition) is 1. The Hall–Kier alpha value is -1.03. The van der Waals surface area contributed by atoms with Crippen LogP contribution in [0.3, 0.4) is 0 Å². The Balaban J connectivity index is 2.55. The summed E-state index contributed by atoms with van der Waals surface area (Å²) >= 11 is 0. The Morgan fingerprint density at radius 3 is 2.13 bits per heavy atom. The van der Waals surface area contributed by atoms with Crippen LogP contribution in [0.25, 0.3) is 0 Å². The first kappa shape index (κ1) is 10.5. The second kappa shape index (κ2) is 3.52. The van der Waals surface area contributed by atoms with Crippen molar-refractivity contribution >= 4 is 0 Å². The van der Waals surface area contributed by atoms with Crippen molar-refractivity contribution in [1.29, 1.82) is 0 Å². The number of nitrogens with two attached hydrogens (primary N) is 1. The number of rotatable bonds is 1. The molecule has 1 aliphatic rings. The minimum Gasteiger partial charge on any atom is -0.321 e. The van der Waals surface area contributed by atoms with Gasteiger partial charge in [-0.2, -0.15) is 0 Å². The Labute approximate surface area is 86.1 Å². The molecule has 4 heteroatoms. The lowest BCUT2D eigenvalue weighted by Crippen LogP contribution is -2.35. The first-order valence-electron chi connectivity index (χ1n) is 4.97. The van der Waals surface area contributed by atoms with Gasteiger partial charge in [-0.25, -0.2) is 13.2 Å². The molecule has 15 heavy (non-hydrogen) atoms. The second-order valence-corrected chi connectivity index (χ2v) is 4.08. The molecule has 1 aromatic rings. The maximum atomic E-state index is 13.5. The summed E-state index contributed by atoms with van der Waals surface area (Å²) in [5, 5.41) is 0. The Morgan fingerprint density at radius 2 is 1.53 bits per heavy atom. The molecule has 0 bridgehead atoms. The van der Waals surface area contributed by atoms with Crippen molar-refractivity contribution in [3.8, 4) is 0 Å². The van der Waals surface area contributed by atoms with Gasteiger partial charge in [-0.3, -0.25) is 0 Å². The summed E-state index contributed by atoms with van der Waals surface area (Å²) in [4.78, 5) is 0. The van der Waals surface area contributed by atoms with Crippen LogP contribution in [0.5, 0.6) is 0 Å². The summed E-state index contributed by atoms with van der Waals surface area (Å²) in [6.45, 7) is 0. The molecule has 0 amide bonds. The summed E-state index contributed by atoms with van der Waals surface area (Å²) in [6.07, 6.45) is 2.66. The number of halogens is 3. The van der Waals surface area contributed by atoms with Gasteiger partial charge >= 0.3 is 0 Å². The molecule has 0 atom stereocenters. The minimum atomic E-state index is -1.14. The van der Waals surface area contributed by atoms with Gasteiger partial charge < -0.3 is 5.73 Å². The van der Waals surface area contributed by atoms with E-state index in [1.807, 2.05) is 0 Å². The van der Waals surface area contributed by atoms with E-state index in [0.717, 1.165) is 25.0 Å². The number of benzene rings is 1. The first-order valence-corrected chi connectivity index (χ1v) is 4.97. The molecule has 0 aliphatic heterocycles. The first-order chi connectivity index (χ1) is 7.04. The van der Waals surface area contributed by atoms with Crippen LogP contribution in [0, 0.1) is 17.5 Å². The zero-order valence-corrected chi connectivity index (χ0v) is 8.19. The summed E-state index contributed by atoms with van der Waals surface area (Å²) < 4.78 is 39.9. The standard InChI is InChI=1S/C11H12F3N/c12-7-3-4-8(13)10(14)9(7)11(15)5-1-2-6-11/h3-4H,1-2,5-6,15H2. The fourth-order valence-corrected chi connectivity index (χ4v) is 2.24. The zero-order valence-electron chi connectivity index (χ0n) is 8.19. The average molecular weight is 215 g/mol. The van der Waals surface area contributed by atoms with Crippen LogP contribution < -0.4 is 5.73 Å². The quantitative estimate of drug-likeness (QED) is 0.716. The van der Waals surface area contributed by atoms with Crippen molar-refractivity contribution in [1.82, 2.24) is 0 Å². The highest BCUT2D eigenvalue weighted by Gasteiger charge is 2.37. The van der Waals surface area contributed by atoms with Gasteiger partial charge in [0.2, 0.25) is 0 Å². The third kappa shape index (κ3) is 1.63. The van der Waals surface area contributed by atoms with Crippen molar-refractivity contribution in [2.45, 2.75) is 31.2 Å². The third-order valence-corrected chi connectivity index (χ3v) is 3.04. The van der Waals surface area contributed by atoms with E-state index in [9.17, 15) is 13.2 Å². The van der Waals surface area contributed by atoms with Gasteiger partial charge in [0, 0.05) is 11.1 Å². The Morgan fingerprint density at radius 1 is 1.00 bits per heavy atom. The maximum Gasteiger partial charge on any atom is 0.166 e. The van der Waals surface area contributed by atoms with Gasteiger partial charge in [-0.05, 0) is 25.0 Å². The lowest BCUT2D eigenvalue weighted by molar-refractivity contribution is 0.387. The van der Waals surface area contributed by atoms with Crippen molar-refractivity contribution in [3.05, 3.63) is 35.1 Å². The van der Waals surface area contributed by atoms with Gasteiger partial charge in [0.1, 0.15) is 5.82 Å². The summed E-state index contributed by atoms with van der Waals surface area (Å²) in [7, 11) is 0. The van der Waals surface area contributed by atoms with Crippen molar-refractivity contribution in [2.24, 2.45) is 5.73 Å². The Kier molecular flexibility index (Phi) is 2.46. The molecule has 2 rings (SSSR count). The predicted octanol–water partition coefficient (Wildman–Crippen LogP) is 2.83. The molecule has 0 radical (unpaired) electrons. The van der Waals surface area contributed by atoms with Gasteiger partial charge in [-0.1, -0.05) is 12.8 Å². The largest absolute Gasteiger partial charge is 0.321 e. The molecule has 2 N–H and O–H groups in total. The zero-order chi connectivity index (χ0) is 11.1. The van der Waals surface area contributed by atoms with Gasteiger partial charge in [-0.15, -0.1) is 0 Å². The van der Waals surface area contributed by atoms with Gasteiger partial charge in [0.05, 0.1) is 0 Å². The molecule has 1 nitrogen and oxygen atoms in total. The molecule has 0 aromatic heterocycles. The molecule has 1 saturated carbocycles. The lowest BCUT2D eigenvalue weighted by atomic mass is 9.88. The van der Waals surface area contributed by atoms with E-state index in [-0.39, 0.29) is 5.56 Å². The topological polar surface area (TPSA) is 26.0 Å². The van der Waals surface area contributed by atoms with E-state index in [4.69, 9.17) is 5.73 Å². The molecule has 0 unspecified atom stereocenters. The monoisotopic (exact) mass is 215 g/mol. The number of hydrogen-bond acceptors (Lipinski definition) is 1. The van der Waals surface area contributed by atoms with Gasteiger partial charge in [0.25, 0.3) is 0 Å². The van der Waals surface area contributed by atoms with Crippen LogP contribution in [-0.2, 0) is 5.54 Å². The highest BCUT2D eigenvalue weighted by molar-refractivity contribution is 5.29. The van der Waals surface area contributed by atoms with Crippen molar-refractivity contribution < 1.29 is 13.2 Å². The lowest BCUT2D eigenvalue weighted by Gasteiger charge is -2.25. The molecule has 0 heterocycles. The highest BCUT2D eigenvalue weighted by Crippen LogP contribution is 2.39. The van der Waals surface area contributed by atoms with Crippen molar-refractivity contribution in [3.63, 3.8) is 0 Å². The molecular weight excluding hydrogens is 203 g/mol. The minimum absolute atomic E-state index is 0.292. The SMILES string of the molecule is NC1(c2c(F)ccc(F)c2F)CCCC1. The van der Waals surface area contributed by atoms with E-state index in [1.54, 1.807) is 0 Å². The van der Waals surface area contributed by atoms with Gasteiger partial charge in [0.15, 0.2) is 11.6 Å². The van der Waals surface area contributed by atoms with Crippen molar-refractivity contribution in [2.75, 3.05) is 0 Å². The summed E-state index contributed by atoms with van der Waals surface area (Å²) in [6, 6.07) is 1.72. The van der Waals surface area contributed by atoms with Crippen LogP contribution in [0.15, 0.2) is 12.1 Å². The average Bonchev–Trinajstić information content (AvgIpc) is 2.60. The van der Waals surface area contributed by atoms with E-state index in [0.29, 0.717) is 12.8 Å². The summed E-state index contributed by atoms with van der Waals surface area (Å²) in [5.41, 5.74) is 4.58. The van der Waals surface area contributed by atoms with E-state index >= 15 is 0 Å². The molecule has 1 fully saturated rings. The molecule has 82 valence electrons. The fraction of sp³-hybridized carbons (Fsp3) is 0.455. The molecule has 1 aliphatic carbocycles. The molecule has 0 saturated heterocycles. The van der Waals surface area contributed by atoms with Crippen LogP contribution in [0.2, 0.25) is 0 Å². The predicted molar refractivity (Wildman–Crippen MR) is 50.6 cm³/mol. The summed E-state index contributed by atoms with van der Waals surface area (Å²) in [5.74, 6) is -2.93. The molecule has 0 spiro atoms. The third-order valence-electron chi connectivity index (χ3n) is 3.04.